The molecule has 0 aliphatic carbocycles. The van der Waals surface area contributed by atoms with Crippen LogP contribution >= 0.6 is 0 Å². The summed E-state index contributed by atoms with van der Waals surface area (Å²) in [6.45, 7) is 2.08. The van der Waals surface area contributed by atoms with Crippen LogP contribution < -0.4 is 0 Å². The van der Waals surface area contributed by atoms with Crippen molar-refractivity contribution in [1.29, 1.82) is 0 Å². The summed E-state index contributed by atoms with van der Waals surface area (Å²) < 4.78 is 1.55. The Hall–Kier alpha value is -2.17. The van der Waals surface area contributed by atoms with Gasteiger partial charge in [-0.1, -0.05) is 24.3 Å². The zero-order valence-corrected chi connectivity index (χ0v) is 9.50. The van der Waals surface area contributed by atoms with Crippen molar-refractivity contribution in [1.82, 2.24) is 15.0 Å². The number of aryl methyl sites for hydroxylation is 1. The number of nitrogens with zero attached hydrogens (tertiary/aromatic N) is 3. The van der Waals surface area contributed by atoms with Gasteiger partial charge in [-0.3, -0.25) is 4.79 Å². The number of aliphatic carboxylic acids is 1. The zero-order valence-electron chi connectivity index (χ0n) is 9.50. The minimum Gasteiger partial charge on any atom is -0.481 e. The SMILES string of the molecule is CCc1ccc(-n2nncc2CC(=O)O)cc1. The first-order valence-electron chi connectivity index (χ1n) is 5.41. The van der Waals surface area contributed by atoms with E-state index in [0.717, 1.165) is 12.1 Å². The lowest BCUT2D eigenvalue weighted by Crippen LogP contribution is -2.07. The molecule has 1 aromatic heterocycles. The average molecular weight is 231 g/mol. The summed E-state index contributed by atoms with van der Waals surface area (Å²) in [5.74, 6) is -0.890. The molecule has 0 saturated carbocycles. The summed E-state index contributed by atoms with van der Waals surface area (Å²) in [5.41, 5.74) is 2.63. The van der Waals surface area contributed by atoms with Crippen molar-refractivity contribution in [2.75, 3.05) is 0 Å². The molecule has 5 nitrogen and oxygen atoms in total. The molecule has 17 heavy (non-hydrogen) atoms. The summed E-state index contributed by atoms with van der Waals surface area (Å²) >= 11 is 0. The molecule has 2 rings (SSSR count). The average Bonchev–Trinajstić information content (AvgIpc) is 2.76. The van der Waals surface area contributed by atoms with E-state index in [9.17, 15) is 4.79 Å². The first kappa shape index (κ1) is 11.3. The highest BCUT2D eigenvalue weighted by Gasteiger charge is 2.09. The van der Waals surface area contributed by atoms with Gasteiger partial charge in [0.15, 0.2) is 0 Å². The molecule has 0 spiro atoms. The lowest BCUT2D eigenvalue weighted by Gasteiger charge is -2.05. The highest BCUT2D eigenvalue weighted by Crippen LogP contribution is 2.11. The molecule has 0 atom stereocenters. The van der Waals surface area contributed by atoms with Crippen LogP contribution in [0.1, 0.15) is 18.2 Å². The standard InChI is InChI=1S/C12H13N3O2/c1-2-9-3-5-10(6-4-9)15-11(7-12(16)17)8-13-14-15/h3-6,8H,2,7H2,1H3,(H,16,17). The van der Waals surface area contributed by atoms with Crippen LogP contribution in [0.4, 0.5) is 0 Å². The number of aromatic nitrogens is 3. The largest absolute Gasteiger partial charge is 0.481 e. The van der Waals surface area contributed by atoms with Crippen molar-refractivity contribution in [2.45, 2.75) is 19.8 Å². The molecule has 0 saturated heterocycles. The van der Waals surface area contributed by atoms with Gasteiger partial charge in [0.2, 0.25) is 0 Å². The maximum absolute atomic E-state index is 10.7. The Kier molecular flexibility index (Phi) is 3.18. The normalized spacial score (nSPS) is 10.4. The molecule has 5 heteroatoms. The predicted molar refractivity (Wildman–Crippen MR) is 62.1 cm³/mol. The van der Waals surface area contributed by atoms with E-state index in [1.165, 1.54) is 11.8 Å². The van der Waals surface area contributed by atoms with Crippen LogP contribution in [-0.4, -0.2) is 26.1 Å². The van der Waals surface area contributed by atoms with E-state index in [2.05, 4.69) is 17.2 Å². The number of benzene rings is 1. The molecule has 1 aromatic carbocycles. The Bertz CT molecular complexity index is 517. The Morgan fingerprint density at radius 1 is 1.35 bits per heavy atom. The molecule has 1 N–H and O–H groups in total. The highest BCUT2D eigenvalue weighted by atomic mass is 16.4. The first-order chi connectivity index (χ1) is 8.20. The molecule has 0 bridgehead atoms. The van der Waals surface area contributed by atoms with Gasteiger partial charge >= 0.3 is 5.97 Å². The van der Waals surface area contributed by atoms with Crippen molar-refractivity contribution in [3.8, 4) is 5.69 Å². The quantitative estimate of drug-likeness (QED) is 0.864. The van der Waals surface area contributed by atoms with Crippen LogP contribution in [0.5, 0.6) is 0 Å². The molecule has 0 amide bonds. The summed E-state index contributed by atoms with van der Waals surface area (Å²) in [7, 11) is 0. The van der Waals surface area contributed by atoms with Crippen LogP contribution in [0.15, 0.2) is 30.5 Å². The van der Waals surface area contributed by atoms with E-state index < -0.39 is 5.97 Å². The maximum Gasteiger partial charge on any atom is 0.309 e. The third-order valence-electron chi connectivity index (χ3n) is 2.54. The Labute approximate surface area is 98.7 Å². The Balaban J connectivity index is 2.32. The molecular formula is C12H13N3O2. The van der Waals surface area contributed by atoms with Gasteiger partial charge in [0.05, 0.1) is 24.0 Å². The number of carboxylic acid groups (broad SMARTS) is 1. The van der Waals surface area contributed by atoms with Crippen molar-refractivity contribution < 1.29 is 9.90 Å². The fourth-order valence-corrected chi connectivity index (χ4v) is 1.62. The minimum atomic E-state index is -0.890. The number of hydrogen-bond acceptors (Lipinski definition) is 3. The van der Waals surface area contributed by atoms with Crippen LogP contribution in [-0.2, 0) is 17.6 Å². The summed E-state index contributed by atoms with van der Waals surface area (Å²) in [6.07, 6.45) is 2.37. The number of rotatable bonds is 4. The summed E-state index contributed by atoms with van der Waals surface area (Å²) in [4.78, 5) is 10.7. The lowest BCUT2D eigenvalue weighted by molar-refractivity contribution is -0.136. The van der Waals surface area contributed by atoms with Crippen LogP contribution in [0.25, 0.3) is 5.69 Å². The molecule has 0 fully saturated rings. The van der Waals surface area contributed by atoms with Gasteiger partial charge in [-0.2, -0.15) is 0 Å². The molecule has 88 valence electrons. The van der Waals surface area contributed by atoms with Gasteiger partial charge < -0.3 is 5.11 Å². The highest BCUT2D eigenvalue weighted by molar-refractivity contribution is 5.69. The van der Waals surface area contributed by atoms with Crippen LogP contribution in [0.3, 0.4) is 0 Å². The van der Waals surface area contributed by atoms with Crippen LogP contribution in [0, 0.1) is 0 Å². The van der Waals surface area contributed by atoms with E-state index in [-0.39, 0.29) is 6.42 Å². The number of carboxylic acids is 1. The summed E-state index contributed by atoms with van der Waals surface area (Å²) in [6, 6.07) is 7.83. The van der Waals surface area contributed by atoms with Gasteiger partial charge in [-0.05, 0) is 24.1 Å². The van der Waals surface area contributed by atoms with Crippen molar-refractivity contribution >= 4 is 5.97 Å². The Morgan fingerprint density at radius 3 is 2.65 bits per heavy atom. The van der Waals surface area contributed by atoms with E-state index in [0.29, 0.717) is 5.69 Å². The summed E-state index contributed by atoms with van der Waals surface area (Å²) in [5, 5.41) is 16.4. The molecule has 0 aliphatic heterocycles. The lowest BCUT2D eigenvalue weighted by atomic mass is 10.1. The zero-order chi connectivity index (χ0) is 12.3. The van der Waals surface area contributed by atoms with Crippen molar-refractivity contribution in [3.63, 3.8) is 0 Å². The fraction of sp³-hybridized carbons (Fsp3) is 0.250. The van der Waals surface area contributed by atoms with E-state index >= 15 is 0 Å². The third kappa shape index (κ3) is 2.50. The molecule has 0 radical (unpaired) electrons. The molecule has 0 unspecified atom stereocenters. The minimum absolute atomic E-state index is 0.0808. The number of carbonyl (C=O) groups is 1. The van der Waals surface area contributed by atoms with Gasteiger partial charge in [0.25, 0.3) is 0 Å². The third-order valence-corrected chi connectivity index (χ3v) is 2.54. The van der Waals surface area contributed by atoms with Gasteiger partial charge in [0, 0.05) is 0 Å². The molecular weight excluding hydrogens is 218 g/mol. The van der Waals surface area contributed by atoms with Crippen molar-refractivity contribution in [3.05, 3.63) is 41.7 Å². The van der Waals surface area contributed by atoms with Crippen LogP contribution in [0.2, 0.25) is 0 Å². The second kappa shape index (κ2) is 4.78. The van der Waals surface area contributed by atoms with Gasteiger partial charge in [0.1, 0.15) is 0 Å². The molecule has 2 aromatic rings. The van der Waals surface area contributed by atoms with E-state index in [1.807, 2.05) is 24.3 Å². The molecule has 1 heterocycles. The fourth-order valence-electron chi connectivity index (χ4n) is 1.62. The second-order valence-electron chi connectivity index (χ2n) is 3.73. The topological polar surface area (TPSA) is 68.0 Å². The smallest absolute Gasteiger partial charge is 0.309 e. The predicted octanol–water partition coefficient (Wildman–Crippen LogP) is 1.46. The molecule has 0 aliphatic rings. The second-order valence-corrected chi connectivity index (χ2v) is 3.73. The Morgan fingerprint density at radius 2 is 2.06 bits per heavy atom. The van der Waals surface area contributed by atoms with Gasteiger partial charge in [-0.25, -0.2) is 4.68 Å². The van der Waals surface area contributed by atoms with E-state index in [1.54, 1.807) is 4.68 Å². The van der Waals surface area contributed by atoms with Crippen molar-refractivity contribution in [2.24, 2.45) is 0 Å². The van der Waals surface area contributed by atoms with E-state index in [4.69, 9.17) is 5.11 Å². The maximum atomic E-state index is 10.7. The monoisotopic (exact) mass is 231 g/mol. The first-order valence-corrected chi connectivity index (χ1v) is 5.41. The van der Waals surface area contributed by atoms with Gasteiger partial charge in [-0.15, -0.1) is 5.10 Å². The number of hydrogen-bond donors (Lipinski definition) is 1.